The number of amides is 1. The predicted molar refractivity (Wildman–Crippen MR) is 75.3 cm³/mol. The number of phenols is 1. The predicted octanol–water partition coefficient (Wildman–Crippen LogP) is 3.61. The van der Waals surface area contributed by atoms with Crippen LogP contribution in [0, 0.1) is 0 Å². The van der Waals surface area contributed by atoms with E-state index in [4.69, 9.17) is 10.8 Å². The summed E-state index contributed by atoms with van der Waals surface area (Å²) in [5.74, 6) is 0.156. The Morgan fingerprint density at radius 3 is 2.06 bits per heavy atom. The molecule has 3 N–H and O–H groups in total. The van der Waals surface area contributed by atoms with Crippen LogP contribution >= 0.6 is 0 Å². The van der Waals surface area contributed by atoms with Crippen molar-refractivity contribution in [1.29, 1.82) is 0 Å². The van der Waals surface area contributed by atoms with Gasteiger partial charge in [0.2, 0.25) is 5.91 Å². The van der Waals surface area contributed by atoms with Crippen LogP contribution in [0.2, 0.25) is 0 Å². The number of hydrogen-bond donors (Lipinski definition) is 2. The third-order valence-corrected chi connectivity index (χ3v) is 2.53. The first-order chi connectivity index (χ1) is 8.66. The van der Waals surface area contributed by atoms with E-state index in [1.807, 2.05) is 6.07 Å². The van der Waals surface area contributed by atoms with Crippen LogP contribution in [-0.2, 0) is 4.79 Å². The highest BCUT2D eigenvalue weighted by Gasteiger charge is 1.93. The number of hydrogen-bond acceptors (Lipinski definition) is 2. The summed E-state index contributed by atoms with van der Waals surface area (Å²) in [6.45, 7) is 2.20. The van der Waals surface area contributed by atoms with E-state index < -0.39 is 0 Å². The van der Waals surface area contributed by atoms with Crippen molar-refractivity contribution in [2.24, 2.45) is 5.73 Å². The Labute approximate surface area is 110 Å². The van der Waals surface area contributed by atoms with Crippen LogP contribution in [-0.4, -0.2) is 11.0 Å². The number of primary amides is 1. The molecule has 0 spiro atoms. The van der Waals surface area contributed by atoms with Crippen molar-refractivity contribution in [2.75, 3.05) is 0 Å². The minimum absolute atomic E-state index is 0.166. The van der Waals surface area contributed by atoms with Crippen molar-refractivity contribution in [3.63, 3.8) is 0 Å². The van der Waals surface area contributed by atoms with E-state index in [0.29, 0.717) is 12.2 Å². The third-order valence-electron chi connectivity index (χ3n) is 2.53. The van der Waals surface area contributed by atoms with E-state index in [-0.39, 0.29) is 5.91 Å². The van der Waals surface area contributed by atoms with Gasteiger partial charge in [0, 0.05) is 6.42 Å². The zero-order valence-electron chi connectivity index (χ0n) is 11.3. The van der Waals surface area contributed by atoms with Crippen molar-refractivity contribution < 1.29 is 9.90 Å². The molecule has 0 bridgehead atoms. The van der Waals surface area contributed by atoms with Gasteiger partial charge in [-0.25, -0.2) is 0 Å². The quantitative estimate of drug-likeness (QED) is 0.727. The van der Waals surface area contributed by atoms with Crippen LogP contribution in [0.3, 0.4) is 0 Å². The second kappa shape index (κ2) is 12.0. The molecule has 0 aliphatic heterocycles. The van der Waals surface area contributed by atoms with Crippen LogP contribution in [0.4, 0.5) is 0 Å². The summed E-state index contributed by atoms with van der Waals surface area (Å²) in [5, 5.41) is 8.63. The Kier molecular flexibility index (Phi) is 11.0. The molecule has 0 heterocycles. The average Bonchev–Trinajstić information content (AvgIpc) is 2.35. The van der Waals surface area contributed by atoms with E-state index in [1.165, 1.54) is 25.7 Å². The maximum Gasteiger partial charge on any atom is 0.217 e. The molecular formula is C15H25NO2. The monoisotopic (exact) mass is 251 g/mol. The largest absolute Gasteiger partial charge is 0.508 e. The molecule has 0 saturated carbocycles. The van der Waals surface area contributed by atoms with Gasteiger partial charge in [-0.1, -0.05) is 57.2 Å². The molecule has 1 amide bonds. The van der Waals surface area contributed by atoms with E-state index in [1.54, 1.807) is 24.3 Å². The molecule has 1 rings (SSSR count). The molecule has 1 aromatic carbocycles. The zero-order chi connectivity index (χ0) is 13.6. The van der Waals surface area contributed by atoms with E-state index in [9.17, 15) is 4.79 Å². The number of unbranched alkanes of at least 4 members (excludes halogenated alkanes) is 5. The van der Waals surface area contributed by atoms with Crippen LogP contribution < -0.4 is 5.73 Å². The molecular weight excluding hydrogens is 226 g/mol. The van der Waals surface area contributed by atoms with Crippen LogP contribution in [0.5, 0.6) is 5.75 Å². The Morgan fingerprint density at radius 2 is 1.61 bits per heavy atom. The van der Waals surface area contributed by atoms with E-state index in [0.717, 1.165) is 12.8 Å². The highest BCUT2D eigenvalue weighted by molar-refractivity contribution is 5.73. The molecule has 0 aromatic heterocycles. The summed E-state index contributed by atoms with van der Waals surface area (Å²) >= 11 is 0. The van der Waals surface area contributed by atoms with Crippen molar-refractivity contribution >= 4 is 5.91 Å². The van der Waals surface area contributed by atoms with Crippen molar-refractivity contribution in [1.82, 2.24) is 0 Å². The smallest absolute Gasteiger partial charge is 0.217 e. The minimum atomic E-state index is -0.166. The lowest BCUT2D eigenvalue weighted by Gasteiger charge is -1.97. The first-order valence-corrected chi connectivity index (χ1v) is 6.69. The molecule has 0 unspecified atom stereocenters. The standard InChI is InChI=1S/C9H19NO.C6H6O/c1-2-3-4-5-6-7-8-9(10)11;7-6-4-2-1-3-5-6/h2-8H2,1H3,(H2,10,11);1-5,7H. The van der Waals surface area contributed by atoms with Crippen molar-refractivity contribution in [3.8, 4) is 5.75 Å². The van der Waals surface area contributed by atoms with Gasteiger partial charge in [0.15, 0.2) is 0 Å². The van der Waals surface area contributed by atoms with Gasteiger partial charge in [-0.05, 0) is 18.6 Å². The fraction of sp³-hybridized carbons (Fsp3) is 0.533. The van der Waals surface area contributed by atoms with Gasteiger partial charge in [0.1, 0.15) is 5.75 Å². The normalized spacial score (nSPS) is 9.39. The number of aromatic hydroxyl groups is 1. The molecule has 1 aromatic rings. The van der Waals surface area contributed by atoms with Gasteiger partial charge in [-0.15, -0.1) is 0 Å². The van der Waals surface area contributed by atoms with Gasteiger partial charge in [-0.2, -0.15) is 0 Å². The summed E-state index contributed by atoms with van der Waals surface area (Å²) in [6.07, 6.45) is 7.83. The fourth-order valence-corrected chi connectivity index (χ4v) is 1.51. The molecule has 102 valence electrons. The summed E-state index contributed by atoms with van der Waals surface area (Å²) in [6, 6.07) is 8.71. The van der Waals surface area contributed by atoms with E-state index in [2.05, 4.69) is 6.92 Å². The first kappa shape index (κ1) is 16.5. The molecule has 0 fully saturated rings. The molecule has 0 atom stereocenters. The van der Waals surface area contributed by atoms with Gasteiger partial charge >= 0.3 is 0 Å². The summed E-state index contributed by atoms with van der Waals surface area (Å²) in [5.41, 5.74) is 4.99. The minimum Gasteiger partial charge on any atom is -0.508 e. The average molecular weight is 251 g/mol. The second-order valence-corrected chi connectivity index (χ2v) is 4.32. The summed E-state index contributed by atoms with van der Waals surface area (Å²) in [4.78, 5) is 10.3. The van der Waals surface area contributed by atoms with Gasteiger partial charge in [0.25, 0.3) is 0 Å². The molecule has 0 aliphatic carbocycles. The summed E-state index contributed by atoms with van der Waals surface area (Å²) in [7, 11) is 0. The Bertz CT molecular complexity index is 299. The molecule has 18 heavy (non-hydrogen) atoms. The number of carbonyl (C=O) groups is 1. The van der Waals surface area contributed by atoms with Gasteiger partial charge in [-0.3, -0.25) is 4.79 Å². The lowest BCUT2D eigenvalue weighted by molar-refractivity contribution is -0.118. The van der Waals surface area contributed by atoms with Crippen LogP contribution in [0.25, 0.3) is 0 Å². The number of benzene rings is 1. The fourth-order valence-electron chi connectivity index (χ4n) is 1.51. The van der Waals surface area contributed by atoms with Crippen molar-refractivity contribution in [2.45, 2.75) is 51.9 Å². The van der Waals surface area contributed by atoms with Crippen molar-refractivity contribution in [3.05, 3.63) is 30.3 Å². The molecule has 0 saturated heterocycles. The Morgan fingerprint density at radius 1 is 1.06 bits per heavy atom. The van der Waals surface area contributed by atoms with Gasteiger partial charge in [0.05, 0.1) is 0 Å². The number of rotatable bonds is 7. The third kappa shape index (κ3) is 12.6. The SMILES string of the molecule is CCCCCCCCC(N)=O.Oc1ccccc1. The number of nitrogens with two attached hydrogens (primary N) is 1. The zero-order valence-corrected chi connectivity index (χ0v) is 11.3. The molecule has 3 nitrogen and oxygen atoms in total. The van der Waals surface area contributed by atoms with Gasteiger partial charge < -0.3 is 10.8 Å². The van der Waals surface area contributed by atoms with Crippen LogP contribution in [0.1, 0.15) is 51.9 Å². The topological polar surface area (TPSA) is 63.3 Å². The first-order valence-electron chi connectivity index (χ1n) is 6.69. The number of para-hydroxylation sites is 1. The maximum absolute atomic E-state index is 10.3. The molecule has 0 aliphatic rings. The number of carbonyl (C=O) groups excluding carboxylic acids is 1. The number of phenolic OH excluding ortho intramolecular Hbond substituents is 1. The molecule has 3 heteroatoms. The second-order valence-electron chi connectivity index (χ2n) is 4.32. The highest BCUT2D eigenvalue weighted by atomic mass is 16.3. The maximum atomic E-state index is 10.3. The molecule has 0 radical (unpaired) electrons. The lowest BCUT2D eigenvalue weighted by atomic mass is 10.1. The highest BCUT2D eigenvalue weighted by Crippen LogP contribution is 2.06. The summed E-state index contributed by atoms with van der Waals surface area (Å²) < 4.78 is 0. The van der Waals surface area contributed by atoms with E-state index >= 15 is 0 Å². The Hall–Kier alpha value is -1.51. The lowest BCUT2D eigenvalue weighted by Crippen LogP contribution is -2.09. The Balaban J connectivity index is 0.000000351. The van der Waals surface area contributed by atoms with Crippen LogP contribution in [0.15, 0.2) is 30.3 Å².